The van der Waals surface area contributed by atoms with Crippen LogP contribution in [0.4, 0.5) is 0 Å². The second-order valence-corrected chi connectivity index (χ2v) is 9.87. The Morgan fingerprint density at radius 3 is 2.82 bits per heavy atom. The van der Waals surface area contributed by atoms with E-state index in [0.717, 1.165) is 58.6 Å². The average molecular weight is 483 g/mol. The van der Waals surface area contributed by atoms with Gasteiger partial charge in [0.2, 0.25) is 0 Å². The number of carbonyl (C=O) groups excluding carboxylic acids is 1. The number of pyridine rings is 1. The van der Waals surface area contributed by atoms with Crippen molar-refractivity contribution in [3.63, 3.8) is 0 Å². The van der Waals surface area contributed by atoms with Gasteiger partial charge in [0.05, 0.1) is 27.0 Å². The van der Waals surface area contributed by atoms with Crippen molar-refractivity contribution in [1.82, 2.24) is 24.4 Å². The Bertz CT molecular complexity index is 1280. The predicted octanol–water partition coefficient (Wildman–Crippen LogP) is 3.77. The third kappa shape index (κ3) is 3.98. The van der Waals surface area contributed by atoms with Gasteiger partial charge in [-0.25, -0.2) is 15.0 Å². The highest BCUT2D eigenvalue weighted by Crippen LogP contribution is 2.41. The fourth-order valence-electron chi connectivity index (χ4n) is 4.70. The Morgan fingerprint density at radius 1 is 1.24 bits per heavy atom. The summed E-state index contributed by atoms with van der Waals surface area (Å²) in [7, 11) is 0. The van der Waals surface area contributed by atoms with Crippen LogP contribution in [0.15, 0.2) is 12.1 Å². The summed E-state index contributed by atoms with van der Waals surface area (Å²) < 4.78 is 8.04. The van der Waals surface area contributed by atoms with Crippen LogP contribution in [-0.4, -0.2) is 43.5 Å². The van der Waals surface area contributed by atoms with Gasteiger partial charge in [0, 0.05) is 25.9 Å². The number of thiazole rings is 1. The summed E-state index contributed by atoms with van der Waals surface area (Å²) in [5.74, 6) is 1.27. The maximum absolute atomic E-state index is 13.4. The molecule has 0 saturated heterocycles. The van der Waals surface area contributed by atoms with Crippen LogP contribution in [-0.2, 0) is 24.2 Å². The monoisotopic (exact) mass is 482 g/mol. The molecule has 0 aliphatic carbocycles. The Morgan fingerprint density at radius 2 is 2.09 bits per heavy atom. The molecule has 10 heteroatoms. The summed E-state index contributed by atoms with van der Waals surface area (Å²) in [6.45, 7) is 5.31. The molecule has 0 bridgehead atoms. The number of ether oxygens (including phenoxy) is 1. The number of aryl methyl sites for hydroxylation is 3. The van der Waals surface area contributed by atoms with E-state index in [9.17, 15) is 4.79 Å². The van der Waals surface area contributed by atoms with Gasteiger partial charge in [-0.1, -0.05) is 11.6 Å². The van der Waals surface area contributed by atoms with E-state index in [1.54, 1.807) is 17.4 Å². The number of amides is 1. The second-order valence-electron chi connectivity index (χ2n) is 8.28. The average Bonchev–Trinajstić information content (AvgIpc) is 3.36. The number of hydrogen-bond acceptors (Lipinski definition) is 7. The molecular weight excluding hydrogens is 460 g/mol. The van der Waals surface area contributed by atoms with Crippen LogP contribution in [0.25, 0.3) is 0 Å². The third-order valence-corrected chi connectivity index (χ3v) is 7.54. The minimum absolute atomic E-state index is 0.0677. The zero-order valence-corrected chi connectivity index (χ0v) is 20.0. The highest BCUT2D eigenvalue weighted by molar-refractivity contribution is 7.11. The molecule has 3 aromatic rings. The van der Waals surface area contributed by atoms with E-state index in [0.29, 0.717) is 13.0 Å². The fraction of sp³-hybridized carbons (Fsp3) is 0.435. The minimum Gasteiger partial charge on any atom is -0.481 e. The van der Waals surface area contributed by atoms with E-state index >= 15 is 0 Å². The van der Waals surface area contributed by atoms with E-state index in [4.69, 9.17) is 26.6 Å². The molecule has 8 nitrogen and oxygen atoms in total. The van der Waals surface area contributed by atoms with Crippen molar-refractivity contribution in [2.75, 3.05) is 13.2 Å². The van der Waals surface area contributed by atoms with Gasteiger partial charge in [-0.15, -0.1) is 11.3 Å². The van der Waals surface area contributed by atoms with Crippen LogP contribution in [0.2, 0.25) is 5.15 Å². The van der Waals surface area contributed by atoms with Gasteiger partial charge in [-0.2, -0.15) is 5.26 Å². The van der Waals surface area contributed by atoms with Crippen molar-refractivity contribution in [3.8, 4) is 11.8 Å². The largest absolute Gasteiger partial charge is 0.481 e. The van der Waals surface area contributed by atoms with E-state index in [1.807, 2.05) is 24.8 Å². The number of fused-ring (bicyclic) bond motifs is 3. The quantitative estimate of drug-likeness (QED) is 0.525. The molecule has 0 spiro atoms. The minimum atomic E-state index is -0.232. The number of aromatic nitrogens is 4. The standard InChI is InChI=1S/C23H23ClN6O2S/c1-13-22(33-14(2)26-13)21-20-16(28-18-5-3-4-9-29(18)20)8-10-30(21)19(31)12-32-17-7-6-15(11-25)27-23(17)24/h6-7,21H,3-5,8-10,12H2,1-2H3. The molecule has 0 fully saturated rings. The van der Waals surface area contributed by atoms with E-state index in [1.165, 1.54) is 6.07 Å². The lowest BCUT2D eigenvalue weighted by Gasteiger charge is -2.36. The zero-order valence-electron chi connectivity index (χ0n) is 18.5. The summed E-state index contributed by atoms with van der Waals surface area (Å²) in [6.07, 6.45) is 3.95. The zero-order chi connectivity index (χ0) is 23.1. The summed E-state index contributed by atoms with van der Waals surface area (Å²) in [4.78, 5) is 30.0. The lowest BCUT2D eigenvalue weighted by Crippen LogP contribution is -2.43. The first-order valence-electron chi connectivity index (χ1n) is 11.0. The molecule has 2 aliphatic rings. The predicted molar refractivity (Wildman–Crippen MR) is 123 cm³/mol. The van der Waals surface area contributed by atoms with Gasteiger partial charge in [0.15, 0.2) is 17.5 Å². The van der Waals surface area contributed by atoms with Crippen LogP contribution in [0.5, 0.6) is 5.75 Å². The summed E-state index contributed by atoms with van der Waals surface area (Å²) >= 11 is 7.76. The summed E-state index contributed by atoms with van der Waals surface area (Å²) in [6, 6.07) is 4.79. The number of rotatable bonds is 4. The summed E-state index contributed by atoms with van der Waals surface area (Å²) in [5, 5.41) is 10.0. The van der Waals surface area contributed by atoms with Crippen LogP contribution in [0.3, 0.4) is 0 Å². The molecule has 1 atom stereocenters. The maximum Gasteiger partial charge on any atom is 0.261 e. The second kappa shape index (κ2) is 8.76. The topological polar surface area (TPSA) is 96.9 Å². The first kappa shape index (κ1) is 21.9. The number of imidazole rings is 1. The van der Waals surface area contributed by atoms with Gasteiger partial charge in [-0.05, 0) is 38.8 Å². The first-order chi connectivity index (χ1) is 16.0. The highest BCUT2D eigenvalue weighted by Gasteiger charge is 2.39. The highest BCUT2D eigenvalue weighted by atomic mass is 35.5. The molecule has 2 aliphatic heterocycles. The molecule has 5 heterocycles. The van der Waals surface area contributed by atoms with Gasteiger partial charge >= 0.3 is 0 Å². The maximum atomic E-state index is 13.4. The van der Waals surface area contributed by atoms with Gasteiger partial charge in [-0.3, -0.25) is 4.79 Å². The van der Waals surface area contributed by atoms with Crippen molar-refractivity contribution >= 4 is 28.8 Å². The Hall–Kier alpha value is -2.96. The molecule has 0 radical (unpaired) electrons. The smallest absolute Gasteiger partial charge is 0.261 e. The number of nitrogens with zero attached hydrogens (tertiary/aromatic N) is 6. The molecule has 0 aromatic carbocycles. The molecule has 170 valence electrons. The van der Waals surface area contributed by atoms with Crippen molar-refractivity contribution in [3.05, 3.63) is 55.8 Å². The Kier molecular flexibility index (Phi) is 5.81. The Labute approximate surface area is 200 Å². The van der Waals surface area contributed by atoms with Crippen LogP contribution in [0, 0.1) is 25.2 Å². The molecule has 5 rings (SSSR count). The van der Waals surface area contributed by atoms with Gasteiger partial charge in [0.25, 0.3) is 5.91 Å². The lowest BCUT2D eigenvalue weighted by atomic mass is 9.99. The van der Waals surface area contributed by atoms with E-state index in [-0.39, 0.29) is 35.2 Å². The molecule has 1 amide bonds. The molecule has 3 aromatic heterocycles. The number of nitriles is 1. The van der Waals surface area contributed by atoms with Crippen molar-refractivity contribution in [2.45, 2.75) is 52.1 Å². The van der Waals surface area contributed by atoms with Crippen molar-refractivity contribution in [1.29, 1.82) is 5.26 Å². The Balaban J connectivity index is 1.47. The number of halogens is 1. The van der Waals surface area contributed by atoms with E-state index < -0.39 is 0 Å². The van der Waals surface area contributed by atoms with Gasteiger partial charge < -0.3 is 14.2 Å². The molecular formula is C23H23ClN6O2S. The molecule has 33 heavy (non-hydrogen) atoms. The molecule has 1 unspecified atom stereocenters. The van der Waals surface area contributed by atoms with Crippen LogP contribution >= 0.6 is 22.9 Å². The summed E-state index contributed by atoms with van der Waals surface area (Å²) in [5.41, 5.74) is 3.35. The lowest BCUT2D eigenvalue weighted by molar-refractivity contribution is -0.135. The first-order valence-corrected chi connectivity index (χ1v) is 12.2. The van der Waals surface area contributed by atoms with Crippen molar-refractivity contribution < 1.29 is 9.53 Å². The third-order valence-electron chi connectivity index (χ3n) is 6.14. The van der Waals surface area contributed by atoms with Gasteiger partial charge in [0.1, 0.15) is 23.6 Å². The molecule has 0 saturated carbocycles. The normalized spacial score (nSPS) is 17.3. The van der Waals surface area contributed by atoms with E-state index in [2.05, 4.69) is 14.5 Å². The number of carbonyl (C=O) groups is 1. The SMILES string of the molecule is Cc1nc(C)c(C2c3c(nc4n3CCCC4)CCN2C(=O)COc2ccc(C#N)nc2Cl)s1. The number of hydrogen-bond donors (Lipinski definition) is 0. The molecule has 0 N–H and O–H groups in total. The van der Waals surface area contributed by atoms with Crippen LogP contribution in [0.1, 0.15) is 57.4 Å². The van der Waals surface area contributed by atoms with Crippen LogP contribution < -0.4 is 4.74 Å². The van der Waals surface area contributed by atoms with Crippen molar-refractivity contribution in [2.24, 2.45) is 0 Å². The fourth-order valence-corrected chi connectivity index (χ4v) is 5.96.